The summed E-state index contributed by atoms with van der Waals surface area (Å²) in [5, 5.41) is 0. The van der Waals surface area contributed by atoms with Crippen LogP contribution in [-0.2, 0) is 11.3 Å². The Morgan fingerprint density at radius 2 is 2.10 bits per heavy atom. The maximum atomic E-state index is 12.0. The van der Waals surface area contributed by atoms with Crippen LogP contribution in [0.25, 0.3) is 0 Å². The molecule has 0 aliphatic heterocycles. The van der Waals surface area contributed by atoms with Crippen molar-refractivity contribution in [2.45, 2.75) is 13.5 Å². The van der Waals surface area contributed by atoms with Gasteiger partial charge in [0.2, 0.25) is 0 Å². The molecule has 0 bridgehead atoms. The Morgan fingerprint density at radius 1 is 1.30 bits per heavy atom. The number of esters is 1. The predicted molar refractivity (Wildman–Crippen MR) is 75.5 cm³/mol. The topological polar surface area (TPSA) is 74.4 Å². The van der Waals surface area contributed by atoms with Crippen LogP contribution in [0, 0.1) is 6.92 Å². The first-order valence-electron chi connectivity index (χ1n) is 6.13. The number of carbonyl (C=O) groups excluding carboxylic acids is 1. The smallest absolute Gasteiger partial charge is 0.340 e. The standard InChI is InChI=1S/C15H16N2O3/c1-10-4-3-5-11(17-10)9-20-15(18)13-8-12(19-2)6-7-14(13)16/h3-8H,9,16H2,1-2H3. The van der Waals surface area contributed by atoms with Gasteiger partial charge in [0.1, 0.15) is 12.4 Å². The number of benzene rings is 1. The SMILES string of the molecule is COc1ccc(N)c(C(=O)OCc2cccc(C)n2)c1. The fourth-order valence-corrected chi connectivity index (χ4v) is 1.74. The number of hydrogen-bond donors (Lipinski definition) is 1. The Bertz CT molecular complexity index is 626. The lowest BCUT2D eigenvalue weighted by molar-refractivity contribution is 0.0468. The van der Waals surface area contributed by atoms with Gasteiger partial charge in [-0.05, 0) is 37.3 Å². The third kappa shape index (κ3) is 3.26. The van der Waals surface area contributed by atoms with E-state index in [1.54, 1.807) is 24.3 Å². The van der Waals surface area contributed by atoms with Crippen LogP contribution in [-0.4, -0.2) is 18.1 Å². The lowest BCUT2D eigenvalue weighted by atomic mass is 10.2. The molecule has 104 valence electrons. The number of pyridine rings is 1. The summed E-state index contributed by atoms with van der Waals surface area (Å²) in [6.45, 7) is 1.99. The number of anilines is 1. The van der Waals surface area contributed by atoms with Crippen molar-refractivity contribution < 1.29 is 14.3 Å². The minimum absolute atomic E-state index is 0.108. The molecule has 1 aromatic heterocycles. The number of ether oxygens (including phenoxy) is 2. The van der Waals surface area contributed by atoms with Gasteiger partial charge < -0.3 is 15.2 Å². The van der Waals surface area contributed by atoms with Crippen LogP contribution >= 0.6 is 0 Å². The summed E-state index contributed by atoms with van der Waals surface area (Å²) >= 11 is 0. The quantitative estimate of drug-likeness (QED) is 0.683. The van der Waals surface area contributed by atoms with Crippen LogP contribution in [0.5, 0.6) is 5.75 Å². The van der Waals surface area contributed by atoms with Crippen LogP contribution in [0.4, 0.5) is 5.69 Å². The monoisotopic (exact) mass is 272 g/mol. The second-order valence-electron chi connectivity index (χ2n) is 4.30. The molecular formula is C15H16N2O3. The molecule has 0 aliphatic carbocycles. The van der Waals surface area contributed by atoms with Crippen molar-refractivity contribution in [2.24, 2.45) is 0 Å². The minimum atomic E-state index is -0.496. The normalized spacial score (nSPS) is 10.1. The zero-order chi connectivity index (χ0) is 14.5. The van der Waals surface area contributed by atoms with E-state index in [1.807, 2.05) is 19.1 Å². The lowest BCUT2D eigenvalue weighted by Crippen LogP contribution is -2.09. The Labute approximate surface area is 117 Å². The Balaban J connectivity index is 2.08. The molecule has 0 saturated carbocycles. The van der Waals surface area contributed by atoms with E-state index in [0.717, 1.165) is 5.69 Å². The van der Waals surface area contributed by atoms with Gasteiger partial charge in [0.15, 0.2) is 0 Å². The lowest BCUT2D eigenvalue weighted by Gasteiger charge is -2.08. The van der Waals surface area contributed by atoms with Crippen molar-refractivity contribution in [3.8, 4) is 5.75 Å². The maximum Gasteiger partial charge on any atom is 0.340 e. The molecule has 1 heterocycles. The minimum Gasteiger partial charge on any atom is -0.497 e. The summed E-state index contributed by atoms with van der Waals surface area (Å²) in [5.74, 6) is 0.0598. The molecular weight excluding hydrogens is 256 g/mol. The molecule has 0 amide bonds. The van der Waals surface area contributed by atoms with E-state index in [9.17, 15) is 4.79 Å². The third-order valence-electron chi connectivity index (χ3n) is 2.78. The predicted octanol–water partition coefficient (Wildman–Crippen LogP) is 2.34. The van der Waals surface area contributed by atoms with Gasteiger partial charge >= 0.3 is 5.97 Å². The van der Waals surface area contributed by atoms with E-state index in [4.69, 9.17) is 15.2 Å². The molecule has 0 saturated heterocycles. The molecule has 0 aliphatic rings. The average molecular weight is 272 g/mol. The van der Waals surface area contributed by atoms with Crippen LogP contribution in [0.3, 0.4) is 0 Å². The fraction of sp³-hybridized carbons (Fsp3) is 0.200. The summed E-state index contributed by atoms with van der Waals surface area (Å²) in [4.78, 5) is 16.3. The number of aromatic nitrogens is 1. The van der Waals surface area contributed by atoms with Gasteiger partial charge in [0.05, 0.1) is 18.4 Å². The molecule has 5 nitrogen and oxygen atoms in total. The van der Waals surface area contributed by atoms with Gasteiger partial charge in [-0.1, -0.05) is 6.07 Å². The molecule has 0 spiro atoms. The van der Waals surface area contributed by atoms with E-state index in [0.29, 0.717) is 17.1 Å². The van der Waals surface area contributed by atoms with Gasteiger partial charge in [-0.15, -0.1) is 0 Å². The fourth-order valence-electron chi connectivity index (χ4n) is 1.74. The van der Waals surface area contributed by atoms with E-state index in [1.165, 1.54) is 7.11 Å². The summed E-state index contributed by atoms with van der Waals surface area (Å²) in [6.07, 6.45) is 0. The van der Waals surface area contributed by atoms with Crippen LogP contribution in [0.1, 0.15) is 21.7 Å². The Hall–Kier alpha value is -2.56. The van der Waals surface area contributed by atoms with Crippen molar-refractivity contribution in [1.82, 2.24) is 4.98 Å². The molecule has 0 atom stereocenters. The molecule has 0 unspecified atom stereocenters. The van der Waals surface area contributed by atoms with Crippen molar-refractivity contribution in [3.05, 3.63) is 53.3 Å². The van der Waals surface area contributed by atoms with E-state index < -0.39 is 5.97 Å². The van der Waals surface area contributed by atoms with Crippen molar-refractivity contribution in [3.63, 3.8) is 0 Å². The molecule has 2 N–H and O–H groups in total. The number of nitrogen functional groups attached to an aromatic ring is 1. The molecule has 1 aromatic carbocycles. The highest BCUT2D eigenvalue weighted by molar-refractivity contribution is 5.95. The van der Waals surface area contributed by atoms with Crippen molar-refractivity contribution in [2.75, 3.05) is 12.8 Å². The van der Waals surface area contributed by atoms with Gasteiger partial charge in [-0.3, -0.25) is 4.98 Å². The van der Waals surface area contributed by atoms with Crippen LogP contribution in [0.15, 0.2) is 36.4 Å². The number of methoxy groups -OCH3 is 1. The zero-order valence-corrected chi connectivity index (χ0v) is 11.4. The molecule has 0 radical (unpaired) electrons. The molecule has 5 heteroatoms. The first-order chi connectivity index (χ1) is 9.60. The highest BCUT2D eigenvalue weighted by Crippen LogP contribution is 2.20. The van der Waals surface area contributed by atoms with Gasteiger partial charge in [-0.25, -0.2) is 4.79 Å². The summed E-state index contributed by atoms with van der Waals surface area (Å²) in [6, 6.07) is 10.4. The molecule has 2 rings (SSSR count). The third-order valence-corrected chi connectivity index (χ3v) is 2.78. The maximum absolute atomic E-state index is 12.0. The van der Waals surface area contributed by atoms with E-state index >= 15 is 0 Å². The van der Waals surface area contributed by atoms with Crippen LogP contribution < -0.4 is 10.5 Å². The van der Waals surface area contributed by atoms with Gasteiger partial charge in [-0.2, -0.15) is 0 Å². The van der Waals surface area contributed by atoms with E-state index in [2.05, 4.69) is 4.98 Å². The second kappa shape index (κ2) is 6.06. The largest absolute Gasteiger partial charge is 0.497 e. The van der Waals surface area contributed by atoms with Crippen molar-refractivity contribution in [1.29, 1.82) is 0 Å². The molecule has 20 heavy (non-hydrogen) atoms. The first-order valence-corrected chi connectivity index (χ1v) is 6.13. The van der Waals surface area contributed by atoms with Crippen LogP contribution in [0.2, 0.25) is 0 Å². The Kier molecular flexibility index (Phi) is 4.20. The number of aryl methyl sites for hydroxylation is 1. The zero-order valence-electron chi connectivity index (χ0n) is 11.4. The number of carbonyl (C=O) groups is 1. The highest BCUT2D eigenvalue weighted by atomic mass is 16.5. The summed E-state index contributed by atoms with van der Waals surface area (Å²) in [7, 11) is 1.53. The summed E-state index contributed by atoms with van der Waals surface area (Å²) < 4.78 is 10.3. The van der Waals surface area contributed by atoms with Gasteiger partial charge in [0, 0.05) is 11.4 Å². The molecule has 0 fully saturated rings. The summed E-state index contributed by atoms with van der Waals surface area (Å²) in [5.41, 5.74) is 7.98. The van der Waals surface area contributed by atoms with E-state index in [-0.39, 0.29) is 12.2 Å². The number of hydrogen-bond acceptors (Lipinski definition) is 5. The first kappa shape index (κ1) is 13.9. The van der Waals surface area contributed by atoms with Crippen molar-refractivity contribution >= 4 is 11.7 Å². The number of nitrogens with two attached hydrogens (primary N) is 1. The molecule has 2 aromatic rings. The number of nitrogens with zero attached hydrogens (tertiary/aromatic N) is 1. The highest BCUT2D eigenvalue weighted by Gasteiger charge is 2.13. The number of rotatable bonds is 4. The second-order valence-corrected chi connectivity index (χ2v) is 4.30. The van der Waals surface area contributed by atoms with Gasteiger partial charge in [0.25, 0.3) is 0 Å². The Morgan fingerprint density at radius 3 is 2.80 bits per heavy atom. The average Bonchev–Trinajstić information content (AvgIpc) is 2.45.